The van der Waals surface area contributed by atoms with Gasteiger partial charge in [0.15, 0.2) is 0 Å². The topological polar surface area (TPSA) is 368 Å². The molecular formula is C50H58F2N8O15S. The van der Waals surface area contributed by atoms with Gasteiger partial charge in [0.1, 0.15) is 48.2 Å². The standard InChI is InChI=1S/C50H58F2N8O15S/c1-27-43(46(67)60(23-37(54)29-8-3-2-4-9-29)50(74)59(27)22-33-34(51)11-6-12-35(33)52)30-10-5-7-28(19-30)13-15-32(62)20-31(47(68)69)14-17-42(64)56-38(48(70)71)16-18-41(63)55-21-36(53)44(65)57-39(24-75-26-61)45(66)58-40(25-76)49(72)73/h2-12,19,26,31,36-40,76H,13-18,20-25,53-54H2,1H3,(H,55,63)(H,56,64)(H,57,65)(H,58,66)(H,68,69)(H,70,71)(H,72,73)/t31-,36+,37+,38-,39+,40?/m1/s1. The molecule has 26 heteroatoms. The van der Waals surface area contributed by atoms with E-state index in [9.17, 15) is 71.7 Å². The Morgan fingerprint density at radius 2 is 1.38 bits per heavy atom. The predicted molar refractivity (Wildman–Crippen MR) is 269 cm³/mol. The summed E-state index contributed by atoms with van der Waals surface area (Å²) in [4.78, 5) is 138. The third-order valence-corrected chi connectivity index (χ3v) is 12.4. The van der Waals surface area contributed by atoms with Crippen LogP contribution in [0.15, 0.2) is 82.4 Å². The number of rotatable bonds is 31. The summed E-state index contributed by atoms with van der Waals surface area (Å²) in [6, 6.07) is 11.4. The summed E-state index contributed by atoms with van der Waals surface area (Å²) >= 11 is 3.82. The lowest BCUT2D eigenvalue weighted by Gasteiger charge is -2.22. The molecule has 408 valence electrons. The summed E-state index contributed by atoms with van der Waals surface area (Å²) in [5.41, 5.74) is 11.8. The molecule has 1 unspecified atom stereocenters. The quantitative estimate of drug-likeness (QED) is 0.0240. The highest BCUT2D eigenvalue weighted by atomic mass is 32.1. The van der Waals surface area contributed by atoms with E-state index in [0.717, 1.165) is 21.3 Å². The van der Waals surface area contributed by atoms with Crippen LogP contribution in [0.25, 0.3) is 11.1 Å². The highest BCUT2D eigenvalue weighted by Crippen LogP contribution is 2.24. The number of aliphatic carboxylic acids is 3. The minimum Gasteiger partial charge on any atom is -0.481 e. The first-order valence-corrected chi connectivity index (χ1v) is 24.1. The monoisotopic (exact) mass is 1080 g/mol. The van der Waals surface area contributed by atoms with E-state index >= 15 is 0 Å². The maximum atomic E-state index is 14.9. The van der Waals surface area contributed by atoms with Crippen LogP contribution in [0.1, 0.15) is 67.0 Å². The summed E-state index contributed by atoms with van der Waals surface area (Å²) in [5.74, 6) is -12.1. The third-order valence-electron chi connectivity index (χ3n) is 12.0. The average Bonchev–Trinajstić information content (AvgIpc) is 3.39. The number of amides is 4. The molecule has 4 rings (SSSR count). The van der Waals surface area contributed by atoms with Crippen molar-refractivity contribution in [2.45, 2.75) is 95.2 Å². The minimum absolute atomic E-state index is 0.0229. The van der Waals surface area contributed by atoms with Crippen molar-refractivity contribution in [2.24, 2.45) is 17.4 Å². The van der Waals surface area contributed by atoms with Gasteiger partial charge >= 0.3 is 23.6 Å². The van der Waals surface area contributed by atoms with Crippen LogP contribution in [0, 0.1) is 24.5 Å². The van der Waals surface area contributed by atoms with Gasteiger partial charge in [-0.25, -0.2) is 23.2 Å². The van der Waals surface area contributed by atoms with E-state index in [4.69, 9.17) is 16.6 Å². The second kappa shape index (κ2) is 29.1. The fourth-order valence-electron chi connectivity index (χ4n) is 7.74. The van der Waals surface area contributed by atoms with Crippen molar-refractivity contribution in [1.82, 2.24) is 30.4 Å². The number of nitrogens with two attached hydrogens (primary N) is 2. The molecule has 23 nitrogen and oxygen atoms in total. The molecule has 0 spiro atoms. The van der Waals surface area contributed by atoms with E-state index in [1.54, 1.807) is 54.6 Å². The molecule has 0 aliphatic heterocycles. The second-order valence-electron chi connectivity index (χ2n) is 17.5. The molecule has 4 amide bonds. The smallest absolute Gasteiger partial charge is 0.331 e. The summed E-state index contributed by atoms with van der Waals surface area (Å²) in [6.45, 7) is -0.651. The Morgan fingerprint density at radius 1 is 0.750 bits per heavy atom. The summed E-state index contributed by atoms with van der Waals surface area (Å²) < 4.78 is 36.3. The first-order chi connectivity index (χ1) is 36.1. The first-order valence-electron chi connectivity index (χ1n) is 23.5. The van der Waals surface area contributed by atoms with Gasteiger partial charge in [-0.05, 0) is 55.0 Å². The lowest BCUT2D eigenvalue weighted by Crippen LogP contribution is -2.57. The minimum atomic E-state index is -1.63. The molecule has 0 bridgehead atoms. The van der Waals surface area contributed by atoms with Crippen LogP contribution in [-0.2, 0) is 67.4 Å². The van der Waals surface area contributed by atoms with Gasteiger partial charge in [0, 0.05) is 55.3 Å². The van der Waals surface area contributed by atoms with Gasteiger partial charge in [-0.2, -0.15) is 12.6 Å². The van der Waals surface area contributed by atoms with Gasteiger partial charge in [-0.1, -0.05) is 60.7 Å². The molecule has 76 heavy (non-hydrogen) atoms. The number of nitrogens with one attached hydrogen (secondary N) is 4. The summed E-state index contributed by atoms with van der Waals surface area (Å²) in [5, 5.41) is 37.6. The van der Waals surface area contributed by atoms with Crippen LogP contribution in [-0.4, -0.2) is 121 Å². The number of carbonyl (C=O) groups excluding carboxylic acids is 6. The molecule has 0 saturated heterocycles. The molecule has 3 aromatic carbocycles. The number of carbonyl (C=O) groups is 9. The Bertz CT molecular complexity index is 2880. The van der Waals surface area contributed by atoms with Crippen LogP contribution in [0.3, 0.4) is 0 Å². The van der Waals surface area contributed by atoms with Gasteiger partial charge < -0.3 is 52.8 Å². The number of carboxylic acids is 3. The van der Waals surface area contributed by atoms with E-state index in [-0.39, 0.29) is 49.3 Å². The average molecular weight is 1080 g/mol. The normalized spacial score (nSPS) is 13.4. The predicted octanol–water partition coefficient (Wildman–Crippen LogP) is 0.335. The Labute approximate surface area is 437 Å². The van der Waals surface area contributed by atoms with Crippen LogP contribution < -0.4 is 44.0 Å². The van der Waals surface area contributed by atoms with Gasteiger partial charge in [0.2, 0.25) is 23.6 Å². The van der Waals surface area contributed by atoms with Crippen molar-refractivity contribution >= 4 is 66.4 Å². The Hall–Kier alpha value is -8.10. The zero-order valence-corrected chi connectivity index (χ0v) is 41.8. The second-order valence-corrected chi connectivity index (χ2v) is 17.8. The molecule has 1 aromatic heterocycles. The van der Waals surface area contributed by atoms with Crippen molar-refractivity contribution in [3.8, 4) is 11.1 Å². The van der Waals surface area contributed by atoms with Gasteiger partial charge in [-0.3, -0.25) is 47.5 Å². The largest absolute Gasteiger partial charge is 0.481 e. The number of ether oxygens (including phenoxy) is 1. The van der Waals surface area contributed by atoms with E-state index in [2.05, 4.69) is 38.6 Å². The van der Waals surface area contributed by atoms with Crippen molar-refractivity contribution < 1.29 is 72.0 Å². The Balaban J connectivity index is 1.35. The number of halogens is 2. The van der Waals surface area contributed by atoms with Crippen LogP contribution >= 0.6 is 12.6 Å². The van der Waals surface area contributed by atoms with Crippen molar-refractivity contribution in [3.63, 3.8) is 0 Å². The first kappa shape index (κ1) is 60.5. The lowest BCUT2D eigenvalue weighted by atomic mass is 9.93. The zero-order valence-electron chi connectivity index (χ0n) is 40.9. The highest BCUT2D eigenvalue weighted by Gasteiger charge is 2.30. The van der Waals surface area contributed by atoms with Gasteiger partial charge in [-0.15, -0.1) is 0 Å². The van der Waals surface area contributed by atoms with Crippen LogP contribution in [0.4, 0.5) is 8.78 Å². The molecule has 0 radical (unpaired) electrons. The number of aryl methyl sites for hydroxylation is 1. The van der Waals surface area contributed by atoms with Crippen molar-refractivity contribution in [1.29, 1.82) is 0 Å². The van der Waals surface area contributed by atoms with E-state index in [1.807, 2.05) is 0 Å². The van der Waals surface area contributed by atoms with E-state index < -0.39 is 157 Å². The maximum absolute atomic E-state index is 14.9. The van der Waals surface area contributed by atoms with Crippen molar-refractivity contribution in [2.75, 3.05) is 18.9 Å². The molecule has 0 aliphatic rings. The van der Waals surface area contributed by atoms with Gasteiger partial charge in [0.05, 0.1) is 24.6 Å². The maximum Gasteiger partial charge on any atom is 0.331 e. The fourth-order valence-corrected chi connectivity index (χ4v) is 7.99. The Morgan fingerprint density at radius 3 is 2.00 bits per heavy atom. The number of hydrogen-bond donors (Lipinski definition) is 10. The number of carboxylic acid groups (broad SMARTS) is 3. The number of nitrogens with zero attached hydrogens (tertiary/aromatic N) is 2. The number of aromatic nitrogens is 2. The summed E-state index contributed by atoms with van der Waals surface area (Å²) in [6.07, 6.45) is -2.50. The number of benzene rings is 3. The molecule has 11 N–H and O–H groups in total. The lowest BCUT2D eigenvalue weighted by molar-refractivity contribution is -0.145. The van der Waals surface area contributed by atoms with E-state index in [0.29, 0.717) is 16.7 Å². The Kier molecular flexibility index (Phi) is 23.2. The molecular weight excluding hydrogens is 1020 g/mol. The fraction of sp³-hybridized carbons (Fsp3) is 0.380. The SMILES string of the molecule is Cc1c(-c2cccc(CCC(=O)C[C@@H](CCC(=O)N[C@H](CCC(=O)NC[C@H](N)C(=O)N[C@@H](COC=O)C(=O)NC(CS)C(=O)O)C(=O)O)C(=O)O)c2)c(=O)n(C[C@H](N)c2ccccc2)c(=O)n1Cc1c(F)cccc1F. The molecule has 6 atom stereocenters. The zero-order chi connectivity index (χ0) is 56.2. The van der Waals surface area contributed by atoms with E-state index in [1.165, 1.54) is 13.0 Å². The molecule has 0 aliphatic carbocycles. The molecule has 4 aromatic rings. The third kappa shape index (κ3) is 17.5. The molecule has 0 saturated carbocycles. The molecule has 0 fully saturated rings. The van der Waals surface area contributed by atoms with Crippen molar-refractivity contribution in [3.05, 3.63) is 128 Å². The molecule has 1 heterocycles. The van der Waals surface area contributed by atoms with Crippen LogP contribution in [0.2, 0.25) is 0 Å². The number of Topliss-reactive ketones (excluding diaryl/α,β-unsaturated/α-hetero) is 1. The number of hydrogen-bond acceptors (Lipinski definition) is 15. The number of ketones is 1. The number of thiol groups is 1. The van der Waals surface area contributed by atoms with Crippen LogP contribution in [0.5, 0.6) is 0 Å². The van der Waals surface area contributed by atoms with Gasteiger partial charge in [0.25, 0.3) is 12.0 Å². The summed E-state index contributed by atoms with van der Waals surface area (Å²) in [7, 11) is 0. The highest BCUT2D eigenvalue weighted by molar-refractivity contribution is 7.80.